The molecular formula is C17H18ClN3O2. The number of phenolic OH excluding ortho intramolecular Hbond substituents is 1. The summed E-state index contributed by atoms with van der Waals surface area (Å²) in [7, 11) is 0. The number of hydrogen-bond donors (Lipinski definition) is 4. The van der Waals surface area contributed by atoms with Crippen LogP contribution in [0.1, 0.15) is 23.6 Å². The minimum Gasteiger partial charge on any atom is -0.508 e. The number of rotatable bonds is 3. The van der Waals surface area contributed by atoms with Gasteiger partial charge in [0.15, 0.2) is 0 Å². The van der Waals surface area contributed by atoms with Crippen LogP contribution in [0.25, 0.3) is 0 Å². The Morgan fingerprint density at radius 2 is 2.04 bits per heavy atom. The lowest BCUT2D eigenvalue weighted by atomic mass is 9.99. The second-order valence-corrected chi connectivity index (χ2v) is 6.07. The van der Waals surface area contributed by atoms with E-state index in [1.165, 1.54) is 0 Å². The molecule has 1 aliphatic rings. The standard InChI is InChI=1S/C17H18ClN3O2/c1-10-6-7-11(16(22)8-10)14-9-15(21-20-14)17(23)19-13-5-3-2-4-12(13)18/h2-8,14-15,20-22H,9H2,1H3,(H,19,23). The molecule has 1 amide bonds. The number of anilines is 1. The van der Waals surface area contributed by atoms with E-state index < -0.39 is 6.04 Å². The number of carbonyl (C=O) groups excluding carboxylic acids is 1. The number of benzene rings is 2. The number of hydrogen-bond acceptors (Lipinski definition) is 4. The van der Waals surface area contributed by atoms with Gasteiger partial charge in [-0.15, -0.1) is 0 Å². The third-order valence-electron chi connectivity index (χ3n) is 3.91. The summed E-state index contributed by atoms with van der Waals surface area (Å²) in [6.07, 6.45) is 0.535. The van der Waals surface area contributed by atoms with E-state index in [-0.39, 0.29) is 17.7 Å². The van der Waals surface area contributed by atoms with E-state index in [4.69, 9.17) is 11.6 Å². The molecule has 0 saturated carbocycles. The second-order valence-electron chi connectivity index (χ2n) is 5.66. The summed E-state index contributed by atoms with van der Waals surface area (Å²) < 4.78 is 0. The molecule has 1 fully saturated rings. The molecule has 6 heteroatoms. The molecular weight excluding hydrogens is 314 g/mol. The molecule has 1 aliphatic heterocycles. The molecule has 3 rings (SSSR count). The van der Waals surface area contributed by atoms with Crippen LogP contribution in [0, 0.1) is 6.92 Å². The van der Waals surface area contributed by atoms with Crippen molar-refractivity contribution in [3.63, 3.8) is 0 Å². The molecule has 0 spiro atoms. The Morgan fingerprint density at radius 3 is 2.78 bits per heavy atom. The molecule has 1 heterocycles. The SMILES string of the molecule is Cc1ccc(C2CC(C(=O)Nc3ccccc3Cl)NN2)c(O)c1. The van der Waals surface area contributed by atoms with Gasteiger partial charge in [-0.2, -0.15) is 0 Å². The zero-order valence-electron chi connectivity index (χ0n) is 12.6. The number of phenols is 1. The molecule has 120 valence electrons. The van der Waals surface area contributed by atoms with Gasteiger partial charge in [0.05, 0.1) is 16.8 Å². The number of para-hydroxylation sites is 1. The van der Waals surface area contributed by atoms with Gasteiger partial charge in [0.2, 0.25) is 5.91 Å². The summed E-state index contributed by atoms with van der Waals surface area (Å²) in [5, 5.41) is 13.4. The number of amides is 1. The zero-order valence-corrected chi connectivity index (χ0v) is 13.4. The minimum atomic E-state index is -0.406. The van der Waals surface area contributed by atoms with Crippen LogP contribution in [0.4, 0.5) is 5.69 Å². The van der Waals surface area contributed by atoms with Gasteiger partial charge in [0.1, 0.15) is 11.8 Å². The van der Waals surface area contributed by atoms with E-state index in [0.717, 1.165) is 11.1 Å². The first-order chi connectivity index (χ1) is 11.0. The summed E-state index contributed by atoms with van der Waals surface area (Å²) in [5.74, 6) is 0.0659. The predicted octanol–water partition coefficient (Wildman–Crippen LogP) is 2.90. The average molecular weight is 332 g/mol. The predicted molar refractivity (Wildman–Crippen MR) is 90.3 cm³/mol. The van der Waals surface area contributed by atoms with E-state index in [1.807, 2.05) is 31.2 Å². The van der Waals surface area contributed by atoms with Crippen molar-refractivity contribution in [2.24, 2.45) is 0 Å². The van der Waals surface area contributed by atoms with Crippen LogP contribution in [0.2, 0.25) is 5.02 Å². The highest BCUT2D eigenvalue weighted by Crippen LogP contribution is 2.30. The first-order valence-electron chi connectivity index (χ1n) is 7.40. The first kappa shape index (κ1) is 15.8. The molecule has 0 radical (unpaired) electrons. The molecule has 23 heavy (non-hydrogen) atoms. The van der Waals surface area contributed by atoms with Crippen molar-refractivity contribution in [1.29, 1.82) is 0 Å². The maximum Gasteiger partial charge on any atom is 0.242 e. The highest BCUT2D eigenvalue weighted by atomic mass is 35.5. The molecule has 0 aliphatic carbocycles. The van der Waals surface area contributed by atoms with Crippen molar-refractivity contribution in [1.82, 2.24) is 10.9 Å². The lowest BCUT2D eigenvalue weighted by molar-refractivity contribution is -0.117. The number of hydrazine groups is 1. The van der Waals surface area contributed by atoms with E-state index in [1.54, 1.807) is 18.2 Å². The molecule has 2 aromatic rings. The topological polar surface area (TPSA) is 73.4 Å². The fourth-order valence-corrected chi connectivity index (χ4v) is 2.85. The summed E-state index contributed by atoms with van der Waals surface area (Å²) in [6.45, 7) is 1.92. The molecule has 2 atom stereocenters. The molecule has 0 aromatic heterocycles. The van der Waals surface area contributed by atoms with Crippen LogP contribution in [0.3, 0.4) is 0 Å². The van der Waals surface area contributed by atoms with Gasteiger partial charge < -0.3 is 10.4 Å². The third kappa shape index (κ3) is 3.47. The van der Waals surface area contributed by atoms with Crippen LogP contribution < -0.4 is 16.2 Å². The fraction of sp³-hybridized carbons (Fsp3) is 0.235. The Balaban J connectivity index is 1.67. The maximum atomic E-state index is 12.3. The highest BCUT2D eigenvalue weighted by Gasteiger charge is 2.31. The van der Waals surface area contributed by atoms with Crippen LogP contribution >= 0.6 is 11.6 Å². The number of nitrogens with one attached hydrogen (secondary N) is 3. The summed E-state index contributed by atoms with van der Waals surface area (Å²) >= 11 is 6.05. The maximum absolute atomic E-state index is 12.3. The normalized spacial score (nSPS) is 20.4. The van der Waals surface area contributed by atoms with Crippen LogP contribution in [0.5, 0.6) is 5.75 Å². The van der Waals surface area contributed by atoms with E-state index >= 15 is 0 Å². The Hall–Kier alpha value is -2.08. The van der Waals surface area contributed by atoms with E-state index in [0.29, 0.717) is 17.1 Å². The first-order valence-corrected chi connectivity index (χ1v) is 7.78. The number of halogens is 1. The third-order valence-corrected chi connectivity index (χ3v) is 4.24. The van der Waals surface area contributed by atoms with Crippen molar-refractivity contribution in [2.45, 2.75) is 25.4 Å². The van der Waals surface area contributed by atoms with Crippen LogP contribution in [-0.4, -0.2) is 17.1 Å². The number of aryl methyl sites for hydroxylation is 1. The zero-order chi connectivity index (χ0) is 16.4. The monoisotopic (exact) mass is 331 g/mol. The Labute approximate surface area is 139 Å². The molecule has 2 unspecified atom stereocenters. The van der Waals surface area contributed by atoms with Gasteiger partial charge in [-0.25, -0.2) is 10.9 Å². The highest BCUT2D eigenvalue weighted by molar-refractivity contribution is 6.33. The van der Waals surface area contributed by atoms with Gasteiger partial charge >= 0.3 is 0 Å². The molecule has 4 N–H and O–H groups in total. The number of aromatic hydroxyl groups is 1. The summed E-state index contributed by atoms with van der Waals surface area (Å²) in [6, 6.07) is 12.1. The molecule has 1 saturated heterocycles. The van der Waals surface area contributed by atoms with Gasteiger partial charge in [-0.1, -0.05) is 35.9 Å². The second kappa shape index (κ2) is 6.58. The van der Waals surface area contributed by atoms with Crippen molar-refractivity contribution in [3.05, 3.63) is 58.6 Å². The molecule has 0 bridgehead atoms. The van der Waals surface area contributed by atoms with Crippen LogP contribution in [0.15, 0.2) is 42.5 Å². The van der Waals surface area contributed by atoms with Crippen molar-refractivity contribution in [2.75, 3.05) is 5.32 Å². The van der Waals surface area contributed by atoms with Crippen LogP contribution in [-0.2, 0) is 4.79 Å². The van der Waals surface area contributed by atoms with Crippen molar-refractivity contribution in [3.8, 4) is 5.75 Å². The van der Waals surface area contributed by atoms with Crippen molar-refractivity contribution < 1.29 is 9.90 Å². The smallest absolute Gasteiger partial charge is 0.242 e. The Morgan fingerprint density at radius 1 is 1.26 bits per heavy atom. The largest absolute Gasteiger partial charge is 0.508 e. The molecule has 2 aromatic carbocycles. The lowest BCUT2D eigenvalue weighted by Gasteiger charge is -2.13. The van der Waals surface area contributed by atoms with Crippen molar-refractivity contribution >= 4 is 23.2 Å². The summed E-state index contributed by atoms with van der Waals surface area (Å²) in [4.78, 5) is 12.3. The quantitative estimate of drug-likeness (QED) is 0.698. The number of carbonyl (C=O) groups is 1. The lowest BCUT2D eigenvalue weighted by Crippen LogP contribution is -2.39. The van der Waals surface area contributed by atoms with Gasteiger partial charge in [-0.3, -0.25) is 4.79 Å². The fourth-order valence-electron chi connectivity index (χ4n) is 2.66. The van der Waals surface area contributed by atoms with Gasteiger partial charge in [0.25, 0.3) is 0 Å². The minimum absolute atomic E-state index is 0.127. The molecule has 5 nitrogen and oxygen atoms in total. The van der Waals surface area contributed by atoms with Gasteiger partial charge in [-0.05, 0) is 37.1 Å². The average Bonchev–Trinajstić information content (AvgIpc) is 2.99. The Bertz CT molecular complexity index is 736. The Kier molecular flexibility index (Phi) is 4.52. The summed E-state index contributed by atoms with van der Waals surface area (Å²) in [5.41, 5.74) is 8.38. The van der Waals surface area contributed by atoms with E-state index in [2.05, 4.69) is 16.2 Å². The van der Waals surface area contributed by atoms with Gasteiger partial charge in [0, 0.05) is 5.56 Å². The van der Waals surface area contributed by atoms with E-state index in [9.17, 15) is 9.90 Å².